The number of anilines is 1. The minimum absolute atomic E-state index is 0.349. The average molecular weight is 398 g/mol. The molecule has 5 unspecified atom stereocenters. The molecule has 0 aromatic heterocycles. The van der Waals surface area contributed by atoms with Crippen LogP contribution in [0.15, 0.2) is 18.2 Å². The summed E-state index contributed by atoms with van der Waals surface area (Å²) in [6.07, 6.45) is -3.17. The van der Waals surface area contributed by atoms with E-state index in [1.54, 1.807) is 39.8 Å². The molecule has 0 radical (unpaired) electrons. The van der Waals surface area contributed by atoms with Crippen LogP contribution in [0, 0.1) is 6.92 Å². The highest BCUT2D eigenvalue weighted by atomic mass is 35.5. The van der Waals surface area contributed by atoms with Gasteiger partial charge in [0.2, 0.25) is 0 Å². The van der Waals surface area contributed by atoms with Gasteiger partial charge < -0.3 is 29.0 Å². The largest absolute Gasteiger partial charge is 0.342 e. The first-order valence-electron chi connectivity index (χ1n) is 8.98. The molecule has 1 N–H and O–H groups in total. The van der Waals surface area contributed by atoms with E-state index in [2.05, 4.69) is 5.32 Å². The Hall–Kier alpha value is -1.22. The lowest BCUT2D eigenvalue weighted by atomic mass is 9.98. The monoisotopic (exact) mass is 397 g/mol. The number of carbonyl (C=O) groups excluding carboxylic acids is 1. The van der Waals surface area contributed by atoms with Gasteiger partial charge in [-0.3, -0.25) is 4.79 Å². The molecular weight excluding hydrogens is 374 g/mol. The van der Waals surface area contributed by atoms with E-state index in [-0.39, 0.29) is 5.91 Å². The molecule has 0 aliphatic carbocycles. The maximum Gasteiger partial charge on any atom is 0.256 e. The summed E-state index contributed by atoms with van der Waals surface area (Å²) in [5.41, 5.74) is 1.51. The summed E-state index contributed by atoms with van der Waals surface area (Å²) in [6, 6.07) is 5.33. The maximum absolute atomic E-state index is 13.0. The molecule has 1 amide bonds. The van der Waals surface area contributed by atoms with Crippen molar-refractivity contribution in [3.63, 3.8) is 0 Å². The highest BCUT2D eigenvalue weighted by Gasteiger charge is 2.62. The van der Waals surface area contributed by atoms with E-state index in [4.69, 9.17) is 35.3 Å². The smallest absolute Gasteiger partial charge is 0.256 e. The second-order valence-corrected chi connectivity index (χ2v) is 8.45. The van der Waals surface area contributed by atoms with Gasteiger partial charge in [0.05, 0.1) is 0 Å². The maximum atomic E-state index is 13.0. The predicted molar refractivity (Wildman–Crippen MR) is 97.3 cm³/mol. The Labute approximate surface area is 163 Å². The number of rotatable bonds is 2. The first-order valence-corrected chi connectivity index (χ1v) is 9.36. The third-order valence-electron chi connectivity index (χ3n) is 4.85. The molecule has 4 rings (SSSR count). The van der Waals surface area contributed by atoms with Gasteiger partial charge in [0.15, 0.2) is 24.0 Å². The van der Waals surface area contributed by atoms with E-state index in [1.165, 1.54) is 0 Å². The molecule has 7 nitrogen and oxygen atoms in total. The minimum atomic E-state index is -0.907. The quantitative estimate of drug-likeness (QED) is 0.826. The van der Waals surface area contributed by atoms with E-state index in [0.717, 1.165) is 5.56 Å². The van der Waals surface area contributed by atoms with E-state index >= 15 is 0 Å². The van der Waals surface area contributed by atoms with E-state index in [1.807, 2.05) is 13.0 Å². The molecule has 0 spiro atoms. The number of carbonyl (C=O) groups is 1. The molecule has 0 saturated carbocycles. The van der Waals surface area contributed by atoms with Crippen LogP contribution in [-0.2, 0) is 28.5 Å². The van der Waals surface area contributed by atoms with Gasteiger partial charge in [-0.05, 0) is 52.3 Å². The van der Waals surface area contributed by atoms with Gasteiger partial charge in [-0.25, -0.2) is 0 Å². The third-order valence-corrected chi connectivity index (χ3v) is 5.26. The molecule has 3 aliphatic heterocycles. The van der Waals surface area contributed by atoms with E-state index in [0.29, 0.717) is 10.7 Å². The van der Waals surface area contributed by atoms with Crippen LogP contribution in [0.4, 0.5) is 5.69 Å². The molecule has 3 heterocycles. The highest BCUT2D eigenvalue weighted by molar-refractivity contribution is 6.31. The van der Waals surface area contributed by atoms with Crippen LogP contribution in [0.3, 0.4) is 0 Å². The van der Waals surface area contributed by atoms with Gasteiger partial charge in [-0.15, -0.1) is 0 Å². The number of fused-ring (bicyclic) bond motifs is 3. The Bertz CT molecular complexity index is 767. The SMILES string of the molecule is Cc1ccc(NC(=O)C2OC3OC(C)(C)OC3C3OC(C)(C)OC23)cc1Cl. The zero-order chi connectivity index (χ0) is 19.6. The number of ether oxygens (including phenoxy) is 5. The molecule has 8 heteroatoms. The van der Waals surface area contributed by atoms with Gasteiger partial charge in [0.25, 0.3) is 5.91 Å². The number of hydrogen-bond acceptors (Lipinski definition) is 6. The molecular formula is C19H24ClNO6. The Morgan fingerprint density at radius 3 is 2.33 bits per heavy atom. The van der Waals surface area contributed by atoms with Crippen molar-refractivity contribution in [2.75, 3.05) is 5.32 Å². The normalized spacial score (nSPS) is 36.1. The van der Waals surface area contributed by atoms with Crippen molar-refractivity contribution in [2.24, 2.45) is 0 Å². The Balaban J connectivity index is 1.57. The lowest BCUT2D eigenvalue weighted by Crippen LogP contribution is -2.58. The van der Waals surface area contributed by atoms with Crippen LogP contribution in [0.25, 0.3) is 0 Å². The number of benzene rings is 1. The number of amides is 1. The van der Waals surface area contributed by atoms with Gasteiger partial charge >= 0.3 is 0 Å². The van der Waals surface area contributed by atoms with Crippen LogP contribution < -0.4 is 5.32 Å². The van der Waals surface area contributed by atoms with Crippen LogP contribution >= 0.6 is 11.6 Å². The lowest BCUT2D eigenvalue weighted by Gasteiger charge is -2.36. The Morgan fingerprint density at radius 2 is 1.63 bits per heavy atom. The fraction of sp³-hybridized carbons (Fsp3) is 0.632. The van der Waals surface area contributed by atoms with Crippen molar-refractivity contribution in [2.45, 2.75) is 76.9 Å². The molecule has 5 atom stereocenters. The summed E-state index contributed by atoms with van der Waals surface area (Å²) in [7, 11) is 0. The third kappa shape index (κ3) is 3.60. The Kier molecular flexibility index (Phi) is 4.53. The van der Waals surface area contributed by atoms with Crippen LogP contribution in [0.1, 0.15) is 33.3 Å². The van der Waals surface area contributed by atoms with Crippen molar-refractivity contribution in [3.8, 4) is 0 Å². The summed E-state index contributed by atoms with van der Waals surface area (Å²) < 4.78 is 29.7. The fourth-order valence-electron chi connectivity index (χ4n) is 3.71. The summed E-state index contributed by atoms with van der Waals surface area (Å²) >= 11 is 6.15. The number of aryl methyl sites for hydroxylation is 1. The van der Waals surface area contributed by atoms with Gasteiger partial charge in [0, 0.05) is 10.7 Å². The van der Waals surface area contributed by atoms with Gasteiger partial charge in [-0.1, -0.05) is 17.7 Å². The highest BCUT2D eigenvalue weighted by Crippen LogP contribution is 2.44. The lowest BCUT2D eigenvalue weighted by molar-refractivity contribution is -0.229. The molecule has 0 bridgehead atoms. The standard InChI is InChI=1S/C19H24ClNO6/c1-9-6-7-10(8-11(9)20)21-16(22)14-12-13(25-18(2,3)24-12)15-17(23-14)27-19(4,5)26-15/h6-8,12-15,17H,1-5H3,(H,21,22). The van der Waals surface area contributed by atoms with Crippen LogP contribution in [0.5, 0.6) is 0 Å². The zero-order valence-electron chi connectivity index (χ0n) is 15.9. The number of halogens is 1. The van der Waals surface area contributed by atoms with Crippen molar-refractivity contribution in [1.29, 1.82) is 0 Å². The van der Waals surface area contributed by atoms with Crippen molar-refractivity contribution < 1.29 is 28.5 Å². The average Bonchev–Trinajstić information content (AvgIpc) is 3.04. The molecule has 148 valence electrons. The number of nitrogens with one attached hydrogen (secondary N) is 1. The fourth-order valence-corrected chi connectivity index (χ4v) is 3.89. The summed E-state index contributed by atoms with van der Waals surface area (Å²) in [5.74, 6) is -2.03. The van der Waals surface area contributed by atoms with Crippen LogP contribution in [-0.4, -0.2) is 48.2 Å². The predicted octanol–water partition coefficient (Wildman–Crippen LogP) is 2.98. The first kappa shape index (κ1) is 19.1. The van der Waals surface area contributed by atoms with E-state index in [9.17, 15) is 4.79 Å². The van der Waals surface area contributed by atoms with Crippen molar-refractivity contribution >= 4 is 23.2 Å². The second kappa shape index (κ2) is 6.40. The topological polar surface area (TPSA) is 75.3 Å². The minimum Gasteiger partial charge on any atom is -0.342 e. The van der Waals surface area contributed by atoms with Crippen molar-refractivity contribution in [3.05, 3.63) is 28.8 Å². The molecule has 1 aromatic rings. The Morgan fingerprint density at radius 1 is 1.00 bits per heavy atom. The summed E-state index contributed by atoms with van der Waals surface area (Å²) in [5, 5.41) is 3.42. The molecule has 27 heavy (non-hydrogen) atoms. The second-order valence-electron chi connectivity index (χ2n) is 8.04. The molecule has 3 aliphatic rings. The molecule has 3 saturated heterocycles. The van der Waals surface area contributed by atoms with Crippen LogP contribution in [0.2, 0.25) is 5.02 Å². The molecule has 1 aromatic carbocycles. The van der Waals surface area contributed by atoms with Crippen molar-refractivity contribution in [1.82, 2.24) is 0 Å². The summed E-state index contributed by atoms with van der Waals surface area (Å²) in [4.78, 5) is 13.0. The molecule has 3 fully saturated rings. The summed E-state index contributed by atoms with van der Waals surface area (Å²) in [6.45, 7) is 9.10. The number of hydrogen-bond donors (Lipinski definition) is 1. The first-order chi connectivity index (χ1) is 12.5. The van der Waals surface area contributed by atoms with Gasteiger partial charge in [0.1, 0.15) is 18.3 Å². The van der Waals surface area contributed by atoms with E-state index < -0.39 is 42.3 Å². The zero-order valence-corrected chi connectivity index (χ0v) is 16.7. The van der Waals surface area contributed by atoms with Gasteiger partial charge in [-0.2, -0.15) is 0 Å².